The third-order valence-electron chi connectivity index (χ3n) is 8.09. The molecule has 2 heterocycles. The summed E-state index contributed by atoms with van der Waals surface area (Å²) < 4.78 is 21.9. The molecule has 0 radical (unpaired) electrons. The summed E-state index contributed by atoms with van der Waals surface area (Å²) in [5.74, 6) is 0. The van der Waals surface area contributed by atoms with Crippen molar-refractivity contribution >= 4 is 28.4 Å². The number of benzene rings is 1. The fourth-order valence-corrected chi connectivity index (χ4v) is 7.38. The molecule has 10 heteroatoms. The first kappa shape index (κ1) is 30.1. The van der Waals surface area contributed by atoms with Crippen LogP contribution in [0.1, 0.15) is 48.0 Å². The van der Waals surface area contributed by atoms with Crippen LogP contribution < -0.4 is 11.2 Å². The van der Waals surface area contributed by atoms with E-state index in [1.54, 1.807) is 0 Å². The van der Waals surface area contributed by atoms with E-state index in [1.807, 2.05) is 30.3 Å². The van der Waals surface area contributed by atoms with E-state index in [0.717, 1.165) is 4.90 Å². The minimum Gasteiger partial charge on any atom is -0.414 e. The van der Waals surface area contributed by atoms with Gasteiger partial charge in [-0.05, 0) is 48.4 Å². The van der Waals surface area contributed by atoms with Gasteiger partial charge in [-0.1, -0.05) is 71.5 Å². The Kier molecular flexibility index (Phi) is 8.64. The van der Waals surface area contributed by atoms with Crippen LogP contribution in [0.3, 0.4) is 0 Å². The Morgan fingerprint density at radius 1 is 1.00 bits per heavy atom. The summed E-state index contributed by atoms with van der Waals surface area (Å²) in [5.41, 5.74) is -0.945. The zero-order chi connectivity index (χ0) is 27.9. The van der Waals surface area contributed by atoms with Crippen molar-refractivity contribution in [3.63, 3.8) is 0 Å². The first-order valence-corrected chi connectivity index (χ1v) is 19.6. The van der Waals surface area contributed by atoms with Crippen molar-refractivity contribution in [2.45, 2.75) is 106 Å². The van der Waals surface area contributed by atoms with E-state index in [2.05, 4.69) is 72.7 Å². The lowest BCUT2D eigenvalue weighted by molar-refractivity contribution is -0.0608. The number of nitrogens with zero attached hydrogens (tertiary/aromatic N) is 1. The van der Waals surface area contributed by atoms with Gasteiger partial charge in [0.05, 0.1) is 12.7 Å². The number of hydrogen-bond acceptors (Lipinski definition) is 6. The van der Waals surface area contributed by atoms with E-state index in [4.69, 9.17) is 13.6 Å². The van der Waals surface area contributed by atoms with Crippen molar-refractivity contribution in [3.8, 4) is 0 Å². The largest absolute Gasteiger partial charge is 0.414 e. The van der Waals surface area contributed by atoms with E-state index >= 15 is 0 Å². The molecule has 1 aromatic carbocycles. The van der Waals surface area contributed by atoms with Gasteiger partial charge in [0.1, 0.15) is 6.10 Å². The molecule has 37 heavy (non-hydrogen) atoms. The highest BCUT2D eigenvalue weighted by Gasteiger charge is 2.53. The quantitative estimate of drug-likeness (QED) is 0.388. The van der Waals surface area contributed by atoms with Crippen LogP contribution in [0.25, 0.3) is 0 Å². The Morgan fingerprint density at radius 2 is 1.59 bits per heavy atom. The maximum Gasteiger partial charge on any atom is 0.331 e. The molecule has 1 saturated heterocycles. The lowest BCUT2D eigenvalue weighted by Crippen LogP contribution is -2.48. The lowest BCUT2D eigenvalue weighted by Gasteiger charge is -2.40. The molecule has 0 spiro atoms. The van der Waals surface area contributed by atoms with Gasteiger partial charge in [-0.2, -0.15) is 0 Å². The molecule has 1 N–H and O–H groups in total. The summed E-state index contributed by atoms with van der Waals surface area (Å²) >= 11 is 1.46. The standard InChI is InChI=1S/C27H44N2O5SSi2/c1-25(2,3)36(7,8)32-19-22-21(34-37(9,10)26(4,5)6)18-27(33-22,35-20-14-12-11-13-15-20)29-17-16-23(30)28-24(29)31/h11-17,21-22H,18-19H2,1-10H3,(H,28,30,31)/t21-,22+,27-/m0/s1. The summed E-state index contributed by atoms with van der Waals surface area (Å²) in [7, 11) is -4.24. The Balaban J connectivity index is 2.07. The Hall–Kier alpha value is -1.44. The molecule has 0 amide bonds. The summed E-state index contributed by atoms with van der Waals surface area (Å²) in [5, 5.41) is -1.05. The van der Waals surface area contributed by atoms with Crippen molar-refractivity contribution in [1.29, 1.82) is 0 Å². The van der Waals surface area contributed by atoms with Crippen LogP contribution in [0.4, 0.5) is 0 Å². The zero-order valence-corrected chi connectivity index (χ0v) is 26.8. The average molecular weight is 565 g/mol. The predicted molar refractivity (Wildman–Crippen MR) is 156 cm³/mol. The molecular formula is C27H44N2O5SSi2. The highest BCUT2D eigenvalue weighted by Crippen LogP contribution is 2.50. The number of thioether (sulfide) groups is 1. The zero-order valence-electron chi connectivity index (χ0n) is 24.0. The van der Waals surface area contributed by atoms with Gasteiger partial charge in [0.2, 0.25) is 5.06 Å². The van der Waals surface area contributed by atoms with Crippen LogP contribution in [-0.2, 0) is 18.6 Å². The summed E-state index contributed by atoms with van der Waals surface area (Å²) in [6, 6.07) is 11.2. The van der Waals surface area contributed by atoms with Crippen molar-refractivity contribution in [2.75, 3.05) is 6.61 Å². The minimum absolute atomic E-state index is 0.00445. The third-order valence-corrected chi connectivity index (χ3v) is 18.4. The van der Waals surface area contributed by atoms with Crippen molar-refractivity contribution in [1.82, 2.24) is 9.55 Å². The smallest absolute Gasteiger partial charge is 0.331 e. The van der Waals surface area contributed by atoms with E-state index in [1.165, 1.54) is 28.6 Å². The monoisotopic (exact) mass is 564 g/mol. The number of ether oxygens (including phenoxy) is 1. The van der Waals surface area contributed by atoms with Gasteiger partial charge < -0.3 is 13.6 Å². The van der Waals surface area contributed by atoms with Crippen LogP contribution in [0.2, 0.25) is 36.3 Å². The number of aromatic amines is 1. The molecule has 1 aliphatic rings. The van der Waals surface area contributed by atoms with Gasteiger partial charge in [-0.3, -0.25) is 14.3 Å². The average Bonchev–Trinajstić information content (AvgIpc) is 3.08. The van der Waals surface area contributed by atoms with Crippen LogP contribution in [-0.4, -0.2) is 45.0 Å². The number of aromatic nitrogens is 2. The molecule has 1 aromatic heterocycles. The van der Waals surface area contributed by atoms with Gasteiger partial charge in [0, 0.05) is 23.6 Å². The Labute approximate surface area is 227 Å². The second-order valence-corrected chi connectivity index (χ2v) is 23.8. The fourth-order valence-electron chi connectivity index (χ4n) is 3.70. The van der Waals surface area contributed by atoms with Gasteiger partial charge in [-0.25, -0.2) is 4.79 Å². The molecule has 206 valence electrons. The number of rotatable bonds is 8. The molecule has 1 aliphatic heterocycles. The summed E-state index contributed by atoms with van der Waals surface area (Å²) in [6.07, 6.45) is 1.31. The minimum atomic E-state index is -2.18. The first-order chi connectivity index (χ1) is 16.9. The second kappa shape index (κ2) is 10.6. The second-order valence-electron chi connectivity index (χ2n) is 13.0. The van der Waals surface area contributed by atoms with Gasteiger partial charge in [0.15, 0.2) is 16.6 Å². The number of nitrogens with one attached hydrogen (secondary N) is 1. The van der Waals surface area contributed by atoms with E-state index < -0.39 is 32.9 Å². The molecule has 0 unspecified atom stereocenters. The van der Waals surface area contributed by atoms with E-state index in [-0.39, 0.29) is 22.3 Å². The van der Waals surface area contributed by atoms with Crippen LogP contribution in [0.15, 0.2) is 57.1 Å². The normalized spacial score (nSPS) is 23.4. The lowest BCUT2D eigenvalue weighted by atomic mass is 10.2. The van der Waals surface area contributed by atoms with E-state index in [9.17, 15) is 9.59 Å². The molecular weight excluding hydrogens is 521 g/mol. The first-order valence-electron chi connectivity index (χ1n) is 12.9. The van der Waals surface area contributed by atoms with Gasteiger partial charge in [-0.15, -0.1) is 0 Å². The highest BCUT2D eigenvalue weighted by atomic mass is 32.2. The molecule has 7 nitrogen and oxygen atoms in total. The SMILES string of the molecule is CC(C)(C)[Si](C)(C)OC[C@H]1O[C@@](Sc2ccccc2)(n2ccc(=O)[nH]c2=O)C[C@@H]1O[Si](C)(C)C(C)(C)C. The predicted octanol–water partition coefficient (Wildman–Crippen LogP) is 6.14. The Morgan fingerprint density at radius 3 is 2.14 bits per heavy atom. The summed E-state index contributed by atoms with van der Waals surface area (Å²) in [4.78, 5) is 28.4. The van der Waals surface area contributed by atoms with Crippen LogP contribution in [0.5, 0.6) is 0 Å². The highest BCUT2D eigenvalue weighted by molar-refractivity contribution is 7.99. The molecule has 0 bridgehead atoms. The van der Waals surface area contributed by atoms with E-state index in [0.29, 0.717) is 13.0 Å². The maximum atomic E-state index is 13.1. The van der Waals surface area contributed by atoms with Gasteiger partial charge in [0.25, 0.3) is 5.56 Å². The molecule has 1 fully saturated rings. The van der Waals surface area contributed by atoms with Crippen molar-refractivity contribution in [3.05, 3.63) is 63.4 Å². The number of H-pyrrole nitrogens is 1. The van der Waals surface area contributed by atoms with Crippen LogP contribution in [0, 0.1) is 0 Å². The van der Waals surface area contributed by atoms with Crippen LogP contribution >= 0.6 is 11.8 Å². The topological polar surface area (TPSA) is 82.5 Å². The third kappa shape index (κ3) is 6.77. The van der Waals surface area contributed by atoms with Crippen molar-refractivity contribution in [2.24, 2.45) is 0 Å². The molecule has 3 rings (SSSR count). The van der Waals surface area contributed by atoms with Crippen molar-refractivity contribution < 1.29 is 13.6 Å². The fraction of sp³-hybridized carbons (Fsp3) is 0.630. The maximum absolute atomic E-state index is 13.1. The van der Waals surface area contributed by atoms with Gasteiger partial charge >= 0.3 is 5.69 Å². The Bertz CT molecular complexity index is 1180. The molecule has 0 saturated carbocycles. The molecule has 2 aromatic rings. The number of hydrogen-bond donors (Lipinski definition) is 1. The summed E-state index contributed by atoms with van der Waals surface area (Å²) in [6.45, 7) is 22.6. The molecule has 0 aliphatic carbocycles. The molecule has 3 atom stereocenters.